The molecule has 0 aliphatic rings. The second-order valence-electron chi connectivity index (χ2n) is 4.46. The molecule has 19 heavy (non-hydrogen) atoms. The monoisotopic (exact) mass is 268 g/mol. The lowest BCUT2D eigenvalue weighted by Crippen LogP contribution is -2.45. The minimum Gasteiger partial charge on any atom is -0.481 e. The Hall–Kier alpha value is -2.05. The first-order chi connectivity index (χ1) is 9.00. The largest absolute Gasteiger partial charge is 0.481 e. The van der Waals surface area contributed by atoms with Gasteiger partial charge in [0.15, 0.2) is 0 Å². The summed E-state index contributed by atoms with van der Waals surface area (Å²) in [4.78, 5) is 29.3. The molecule has 0 aliphatic heterocycles. The summed E-state index contributed by atoms with van der Waals surface area (Å²) in [6.07, 6.45) is 4.97. The van der Waals surface area contributed by atoms with Crippen LogP contribution in [0.5, 0.6) is 0 Å². The molecule has 0 saturated carbocycles. The number of hydrogen-bond donors (Lipinski definition) is 4. The van der Waals surface area contributed by atoms with Crippen LogP contribution in [-0.4, -0.2) is 39.7 Å². The summed E-state index contributed by atoms with van der Waals surface area (Å²) in [5, 5.41) is 14.1. The van der Waals surface area contributed by atoms with E-state index in [0.29, 0.717) is 6.54 Å². The van der Waals surface area contributed by atoms with Crippen molar-refractivity contribution in [2.24, 2.45) is 5.92 Å². The van der Waals surface area contributed by atoms with Crippen LogP contribution in [0.4, 0.5) is 4.79 Å². The predicted molar refractivity (Wildman–Crippen MR) is 69.7 cm³/mol. The van der Waals surface area contributed by atoms with E-state index in [1.165, 1.54) is 0 Å². The highest BCUT2D eigenvalue weighted by atomic mass is 16.4. The molecule has 1 aromatic heterocycles. The van der Waals surface area contributed by atoms with Crippen molar-refractivity contribution >= 4 is 12.0 Å². The van der Waals surface area contributed by atoms with Crippen molar-refractivity contribution in [3.63, 3.8) is 0 Å². The van der Waals surface area contributed by atoms with Crippen molar-refractivity contribution < 1.29 is 14.7 Å². The number of aryl methyl sites for hydroxylation is 1. The summed E-state index contributed by atoms with van der Waals surface area (Å²) in [5.74, 6) is -0.658. The zero-order valence-corrected chi connectivity index (χ0v) is 11.1. The normalized spacial score (nSPS) is 13.6. The number of carbonyl (C=O) groups excluding carboxylic acids is 1. The SMILES string of the molecule is CC(NC(=O)NCCCc1ncc[nH]1)C(C)C(=O)O. The fourth-order valence-electron chi connectivity index (χ4n) is 1.49. The molecular weight excluding hydrogens is 248 g/mol. The summed E-state index contributed by atoms with van der Waals surface area (Å²) >= 11 is 0. The fourth-order valence-corrected chi connectivity index (χ4v) is 1.49. The number of nitrogens with one attached hydrogen (secondary N) is 3. The lowest BCUT2D eigenvalue weighted by molar-refractivity contribution is -0.141. The number of amides is 2. The number of carbonyl (C=O) groups is 2. The van der Waals surface area contributed by atoms with Crippen LogP contribution in [0.3, 0.4) is 0 Å². The fraction of sp³-hybridized carbons (Fsp3) is 0.583. The maximum Gasteiger partial charge on any atom is 0.315 e. The number of H-pyrrole nitrogens is 1. The molecule has 0 aromatic carbocycles. The molecule has 2 unspecified atom stereocenters. The lowest BCUT2D eigenvalue weighted by Gasteiger charge is -2.18. The van der Waals surface area contributed by atoms with Gasteiger partial charge < -0.3 is 20.7 Å². The molecule has 2 atom stereocenters. The Kier molecular flexibility index (Phi) is 5.84. The smallest absolute Gasteiger partial charge is 0.315 e. The van der Waals surface area contributed by atoms with E-state index in [1.54, 1.807) is 26.2 Å². The second-order valence-corrected chi connectivity index (χ2v) is 4.46. The molecular formula is C12H20N4O3. The highest BCUT2D eigenvalue weighted by Gasteiger charge is 2.20. The van der Waals surface area contributed by atoms with E-state index in [4.69, 9.17) is 5.11 Å². The van der Waals surface area contributed by atoms with E-state index in [9.17, 15) is 9.59 Å². The van der Waals surface area contributed by atoms with Gasteiger partial charge in [-0.2, -0.15) is 0 Å². The Morgan fingerprint density at radius 1 is 1.47 bits per heavy atom. The predicted octanol–water partition coefficient (Wildman–Crippen LogP) is 0.751. The summed E-state index contributed by atoms with van der Waals surface area (Å²) in [6.45, 7) is 3.74. The van der Waals surface area contributed by atoms with Crippen LogP contribution in [0, 0.1) is 5.92 Å². The quantitative estimate of drug-likeness (QED) is 0.547. The zero-order chi connectivity index (χ0) is 14.3. The van der Waals surface area contributed by atoms with Gasteiger partial charge in [-0.3, -0.25) is 4.79 Å². The minimum absolute atomic E-state index is 0.347. The molecule has 7 nitrogen and oxygen atoms in total. The maximum atomic E-state index is 11.5. The number of nitrogens with zero attached hydrogens (tertiary/aromatic N) is 1. The topological polar surface area (TPSA) is 107 Å². The Bertz CT molecular complexity index is 405. The Morgan fingerprint density at radius 3 is 2.79 bits per heavy atom. The Morgan fingerprint density at radius 2 is 2.21 bits per heavy atom. The maximum absolute atomic E-state index is 11.5. The van der Waals surface area contributed by atoms with Crippen molar-refractivity contribution in [1.29, 1.82) is 0 Å². The van der Waals surface area contributed by atoms with Crippen LogP contribution >= 0.6 is 0 Å². The van der Waals surface area contributed by atoms with Crippen LogP contribution in [0.15, 0.2) is 12.4 Å². The van der Waals surface area contributed by atoms with Gasteiger partial charge in [-0.25, -0.2) is 9.78 Å². The van der Waals surface area contributed by atoms with Gasteiger partial charge in [-0.15, -0.1) is 0 Å². The van der Waals surface area contributed by atoms with Crippen molar-refractivity contribution in [2.45, 2.75) is 32.7 Å². The molecule has 2 amide bonds. The number of rotatable bonds is 7. The van der Waals surface area contributed by atoms with Gasteiger partial charge in [0.25, 0.3) is 0 Å². The number of aromatic nitrogens is 2. The minimum atomic E-state index is -0.925. The first-order valence-corrected chi connectivity index (χ1v) is 6.26. The molecule has 0 radical (unpaired) electrons. The summed E-state index contributed by atoms with van der Waals surface area (Å²) < 4.78 is 0. The van der Waals surface area contributed by atoms with Gasteiger partial charge >= 0.3 is 12.0 Å². The van der Waals surface area contributed by atoms with E-state index in [1.807, 2.05) is 0 Å². The van der Waals surface area contributed by atoms with Crippen molar-refractivity contribution in [3.8, 4) is 0 Å². The molecule has 4 N–H and O–H groups in total. The van der Waals surface area contributed by atoms with Gasteiger partial charge in [0, 0.05) is 31.4 Å². The van der Waals surface area contributed by atoms with Crippen LogP contribution < -0.4 is 10.6 Å². The van der Waals surface area contributed by atoms with E-state index in [2.05, 4.69) is 20.6 Å². The third-order valence-electron chi connectivity index (χ3n) is 2.93. The van der Waals surface area contributed by atoms with Crippen LogP contribution in [0.25, 0.3) is 0 Å². The molecule has 0 fully saturated rings. The molecule has 106 valence electrons. The van der Waals surface area contributed by atoms with Crippen LogP contribution in [0.1, 0.15) is 26.1 Å². The van der Waals surface area contributed by atoms with E-state index < -0.39 is 17.9 Å². The number of imidazole rings is 1. The first kappa shape index (κ1) is 15.0. The number of carboxylic acids is 1. The summed E-state index contributed by atoms with van der Waals surface area (Å²) in [6, 6.07) is -0.761. The molecule has 0 spiro atoms. The molecule has 7 heteroatoms. The second kappa shape index (κ2) is 7.40. The van der Waals surface area contributed by atoms with E-state index >= 15 is 0 Å². The zero-order valence-electron chi connectivity index (χ0n) is 11.1. The van der Waals surface area contributed by atoms with Crippen LogP contribution in [-0.2, 0) is 11.2 Å². The number of aromatic amines is 1. The highest BCUT2D eigenvalue weighted by Crippen LogP contribution is 2.01. The molecule has 1 aromatic rings. The Labute approximate surface area is 111 Å². The number of urea groups is 1. The molecule has 0 saturated heterocycles. The Balaban J connectivity index is 2.15. The number of hydrogen-bond acceptors (Lipinski definition) is 3. The lowest BCUT2D eigenvalue weighted by atomic mass is 10.0. The third kappa shape index (κ3) is 5.41. The number of carboxylic acid groups (broad SMARTS) is 1. The van der Waals surface area contributed by atoms with Crippen molar-refractivity contribution in [3.05, 3.63) is 18.2 Å². The molecule has 0 bridgehead atoms. The summed E-state index contributed by atoms with van der Waals surface area (Å²) in [5.41, 5.74) is 0. The van der Waals surface area contributed by atoms with Gasteiger partial charge in [-0.05, 0) is 20.3 Å². The van der Waals surface area contributed by atoms with Crippen molar-refractivity contribution in [1.82, 2.24) is 20.6 Å². The molecule has 1 rings (SSSR count). The average molecular weight is 268 g/mol. The first-order valence-electron chi connectivity index (χ1n) is 6.26. The van der Waals surface area contributed by atoms with Crippen molar-refractivity contribution in [2.75, 3.05) is 6.54 Å². The molecule has 1 heterocycles. The number of aliphatic carboxylic acids is 1. The van der Waals surface area contributed by atoms with Gasteiger partial charge in [0.1, 0.15) is 5.82 Å². The highest BCUT2D eigenvalue weighted by molar-refractivity contribution is 5.76. The van der Waals surface area contributed by atoms with E-state index in [0.717, 1.165) is 18.7 Å². The van der Waals surface area contributed by atoms with Gasteiger partial charge in [0.2, 0.25) is 0 Å². The van der Waals surface area contributed by atoms with Crippen LogP contribution in [0.2, 0.25) is 0 Å². The van der Waals surface area contributed by atoms with Gasteiger partial charge in [-0.1, -0.05) is 0 Å². The summed E-state index contributed by atoms with van der Waals surface area (Å²) in [7, 11) is 0. The third-order valence-corrected chi connectivity index (χ3v) is 2.93. The average Bonchev–Trinajstić information content (AvgIpc) is 2.86. The standard InChI is InChI=1S/C12H20N4O3/c1-8(11(17)18)9(2)16-12(19)15-5-3-4-10-13-6-7-14-10/h6-9H,3-5H2,1-2H3,(H,13,14)(H,17,18)(H2,15,16,19). The van der Waals surface area contributed by atoms with E-state index in [-0.39, 0.29) is 6.03 Å². The molecule has 0 aliphatic carbocycles. The van der Waals surface area contributed by atoms with Gasteiger partial charge in [0.05, 0.1) is 5.92 Å².